The Kier molecular flexibility index (Phi) is 9.59. The van der Waals surface area contributed by atoms with Gasteiger partial charge in [0.25, 0.3) is 5.91 Å². The molecule has 3 aromatic rings. The van der Waals surface area contributed by atoms with Crippen LogP contribution in [0, 0.1) is 11.6 Å². The number of hydrogen-bond donors (Lipinski definition) is 3. The molecule has 0 bridgehead atoms. The van der Waals surface area contributed by atoms with Gasteiger partial charge in [0.1, 0.15) is 12.0 Å². The van der Waals surface area contributed by atoms with Gasteiger partial charge in [0, 0.05) is 24.3 Å². The molecular formula is C32H32F5N7O4. The van der Waals surface area contributed by atoms with E-state index in [4.69, 9.17) is 4.74 Å². The van der Waals surface area contributed by atoms with Crippen LogP contribution in [0.2, 0.25) is 0 Å². The lowest BCUT2D eigenvalue weighted by atomic mass is 10.0. The van der Waals surface area contributed by atoms with Crippen LogP contribution < -0.4 is 30.7 Å². The molecule has 0 saturated carbocycles. The normalized spacial score (nSPS) is 16.5. The second-order valence-corrected chi connectivity index (χ2v) is 11.1. The van der Waals surface area contributed by atoms with Crippen LogP contribution in [0.15, 0.2) is 71.9 Å². The first kappa shape index (κ1) is 34.1. The van der Waals surface area contributed by atoms with E-state index in [0.717, 1.165) is 23.1 Å². The Morgan fingerprint density at radius 1 is 1.02 bits per heavy atom. The summed E-state index contributed by atoms with van der Waals surface area (Å²) in [7, 11) is 4.61. The molecule has 2 aliphatic heterocycles. The van der Waals surface area contributed by atoms with Crippen molar-refractivity contribution in [2.45, 2.75) is 25.8 Å². The molecule has 0 spiro atoms. The van der Waals surface area contributed by atoms with Crippen LogP contribution in [0.25, 0.3) is 0 Å². The van der Waals surface area contributed by atoms with Crippen molar-refractivity contribution in [2.75, 3.05) is 49.5 Å². The average molecular weight is 674 g/mol. The minimum absolute atomic E-state index is 0.0768. The first-order valence-electron chi connectivity index (χ1n) is 14.7. The SMILES string of the molecule is CCNC(=O)Nc1ccc(N2NC3C(=C2CN(C)C)C(=O)N(c2cccc(OC)c2F)C(=O)N3Cc2c(F)cccc2C(F)(F)F)cc1. The van der Waals surface area contributed by atoms with Gasteiger partial charge in [0.05, 0.1) is 41.9 Å². The van der Waals surface area contributed by atoms with Crippen molar-refractivity contribution < 1.29 is 41.1 Å². The van der Waals surface area contributed by atoms with Crippen LogP contribution in [-0.2, 0) is 17.5 Å². The molecule has 254 valence electrons. The first-order valence-corrected chi connectivity index (χ1v) is 14.7. The number of fused-ring (bicyclic) bond motifs is 1. The topological polar surface area (TPSA) is 109 Å². The number of imide groups is 1. The third kappa shape index (κ3) is 6.48. The van der Waals surface area contributed by atoms with Gasteiger partial charge in [-0.1, -0.05) is 12.1 Å². The summed E-state index contributed by atoms with van der Waals surface area (Å²) in [6.45, 7) is 1.31. The summed E-state index contributed by atoms with van der Waals surface area (Å²) in [6.07, 6.45) is -6.36. The summed E-state index contributed by atoms with van der Waals surface area (Å²) >= 11 is 0. The summed E-state index contributed by atoms with van der Waals surface area (Å²) in [5.74, 6) is -3.52. The smallest absolute Gasteiger partial charge is 0.416 e. The molecule has 48 heavy (non-hydrogen) atoms. The summed E-state index contributed by atoms with van der Waals surface area (Å²) in [4.78, 5) is 43.5. The number of hydrazine groups is 1. The minimum atomic E-state index is -4.97. The van der Waals surface area contributed by atoms with Crippen molar-refractivity contribution in [1.82, 2.24) is 20.5 Å². The molecule has 2 heterocycles. The van der Waals surface area contributed by atoms with Gasteiger partial charge >= 0.3 is 18.2 Å². The number of urea groups is 2. The fraction of sp³-hybridized carbons (Fsp3) is 0.281. The number of carbonyl (C=O) groups is 3. The van der Waals surface area contributed by atoms with Gasteiger partial charge in [0.15, 0.2) is 11.6 Å². The molecule has 0 aromatic heterocycles. The van der Waals surface area contributed by atoms with Gasteiger partial charge in [-0.2, -0.15) is 13.2 Å². The molecule has 16 heteroatoms. The second-order valence-electron chi connectivity index (χ2n) is 11.1. The van der Waals surface area contributed by atoms with Gasteiger partial charge in [-0.05, 0) is 69.6 Å². The van der Waals surface area contributed by atoms with Crippen molar-refractivity contribution in [3.63, 3.8) is 0 Å². The Balaban J connectivity index is 1.67. The van der Waals surface area contributed by atoms with Crippen LogP contribution in [0.4, 0.5) is 48.6 Å². The summed E-state index contributed by atoms with van der Waals surface area (Å²) < 4.78 is 78.0. The summed E-state index contributed by atoms with van der Waals surface area (Å²) in [5, 5.41) is 6.75. The highest BCUT2D eigenvalue weighted by Gasteiger charge is 2.51. The predicted molar refractivity (Wildman–Crippen MR) is 167 cm³/mol. The van der Waals surface area contributed by atoms with E-state index in [1.165, 1.54) is 24.3 Å². The van der Waals surface area contributed by atoms with E-state index >= 15 is 8.78 Å². The molecule has 3 aromatic carbocycles. The van der Waals surface area contributed by atoms with Crippen LogP contribution in [0.1, 0.15) is 18.1 Å². The zero-order chi connectivity index (χ0) is 34.9. The van der Waals surface area contributed by atoms with E-state index in [9.17, 15) is 27.6 Å². The number of ether oxygens (including phenoxy) is 1. The number of amides is 5. The van der Waals surface area contributed by atoms with Crippen molar-refractivity contribution in [3.05, 3.63) is 94.7 Å². The number of nitrogens with zero attached hydrogens (tertiary/aromatic N) is 4. The van der Waals surface area contributed by atoms with E-state index in [2.05, 4.69) is 16.1 Å². The predicted octanol–water partition coefficient (Wildman–Crippen LogP) is 5.27. The maximum absolute atomic E-state index is 15.6. The number of anilines is 3. The number of halogens is 5. The monoisotopic (exact) mass is 673 g/mol. The fourth-order valence-corrected chi connectivity index (χ4v) is 5.53. The van der Waals surface area contributed by atoms with E-state index in [-0.39, 0.29) is 23.6 Å². The number of nitrogens with one attached hydrogen (secondary N) is 3. The number of methoxy groups -OCH3 is 1. The van der Waals surface area contributed by atoms with Crippen molar-refractivity contribution in [1.29, 1.82) is 0 Å². The lowest BCUT2D eigenvalue weighted by Crippen LogP contribution is -2.62. The molecule has 2 aliphatic rings. The molecule has 11 nitrogen and oxygen atoms in total. The Labute approximate surface area is 272 Å². The lowest BCUT2D eigenvalue weighted by Gasteiger charge is -2.40. The van der Waals surface area contributed by atoms with Gasteiger partial charge in [0.2, 0.25) is 0 Å². The summed E-state index contributed by atoms with van der Waals surface area (Å²) in [5.41, 5.74) is 1.45. The molecule has 5 rings (SSSR count). The Morgan fingerprint density at radius 3 is 2.33 bits per heavy atom. The average Bonchev–Trinajstić information content (AvgIpc) is 3.39. The van der Waals surface area contributed by atoms with Gasteiger partial charge in [-0.25, -0.2) is 28.7 Å². The molecule has 0 radical (unpaired) electrons. The third-order valence-corrected chi connectivity index (χ3v) is 7.63. The first-order chi connectivity index (χ1) is 22.8. The van der Waals surface area contributed by atoms with E-state index in [0.29, 0.717) is 28.9 Å². The van der Waals surface area contributed by atoms with E-state index < -0.39 is 65.3 Å². The quantitative estimate of drug-likeness (QED) is 0.266. The highest BCUT2D eigenvalue weighted by molar-refractivity contribution is 6.24. The molecular weight excluding hydrogens is 641 g/mol. The van der Waals surface area contributed by atoms with Gasteiger partial charge < -0.3 is 20.3 Å². The molecule has 1 saturated heterocycles. The van der Waals surface area contributed by atoms with Crippen molar-refractivity contribution >= 4 is 35.0 Å². The number of benzene rings is 3. The molecule has 0 aliphatic carbocycles. The second kappa shape index (κ2) is 13.5. The molecule has 1 fully saturated rings. The molecule has 5 amide bonds. The molecule has 1 unspecified atom stereocenters. The van der Waals surface area contributed by atoms with E-state index in [1.54, 1.807) is 50.2 Å². The highest BCUT2D eigenvalue weighted by atomic mass is 19.4. The number of carbonyl (C=O) groups excluding carboxylic acids is 3. The van der Waals surface area contributed by atoms with Gasteiger partial charge in [-0.3, -0.25) is 14.7 Å². The fourth-order valence-electron chi connectivity index (χ4n) is 5.53. The lowest BCUT2D eigenvalue weighted by molar-refractivity contribution is -0.138. The maximum Gasteiger partial charge on any atom is 0.416 e. The zero-order valence-electron chi connectivity index (χ0n) is 26.3. The van der Waals surface area contributed by atoms with Gasteiger partial charge in [-0.15, -0.1) is 0 Å². The molecule has 1 atom stereocenters. The number of likely N-dealkylation sites (N-methyl/N-ethyl adjacent to an activating group) is 1. The minimum Gasteiger partial charge on any atom is -0.494 e. The van der Waals surface area contributed by atoms with Crippen LogP contribution in [0.3, 0.4) is 0 Å². The summed E-state index contributed by atoms with van der Waals surface area (Å²) in [6, 6.07) is 11.0. The van der Waals surface area contributed by atoms with Crippen LogP contribution >= 0.6 is 0 Å². The standard InChI is InChI=1S/C32H32F5N7O4/c1-5-38-30(46)39-18-12-14-19(15-13-18)44-24(17-41(2)3)26-28(40-44)42(16-20-21(32(35,36)37)8-6-9-22(20)33)31(47)43(29(26)45)23-10-7-11-25(48-4)27(23)34/h6-15,28,40H,5,16-17H2,1-4H3,(H2,38,39,46). The largest absolute Gasteiger partial charge is 0.494 e. The van der Waals surface area contributed by atoms with Crippen LogP contribution in [0.5, 0.6) is 5.75 Å². The van der Waals surface area contributed by atoms with Crippen molar-refractivity contribution in [3.8, 4) is 5.75 Å². The third-order valence-electron chi connectivity index (χ3n) is 7.63. The Morgan fingerprint density at radius 2 is 1.71 bits per heavy atom. The van der Waals surface area contributed by atoms with E-state index in [1.807, 2.05) is 0 Å². The highest BCUT2D eigenvalue weighted by Crippen LogP contribution is 2.40. The Bertz CT molecular complexity index is 1760. The zero-order valence-corrected chi connectivity index (χ0v) is 26.3. The number of hydrogen-bond acceptors (Lipinski definition) is 7. The van der Waals surface area contributed by atoms with Crippen LogP contribution in [-0.4, -0.2) is 68.2 Å². The van der Waals surface area contributed by atoms with Crippen molar-refractivity contribution in [2.24, 2.45) is 0 Å². The molecule has 3 N–H and O–H groups in total. The number of rotatable bonds is 9. The maximum atomic E-state index is 15.6. The number of alkyl halides is 3. The Hall–Kier alpha value is -5.22.